The van der Waals surface area contributed by atoms with Gasteiger partial charge in [-0.2, -0.15) is 0 Å². The molecule has 1 nitrogen and oxygen atoms in total. The van der Waals surface area contributed by atoms with Crippen LogP contribution in [-0.4, -0.2) is 0 Å². The average Bonchev–Trinajstić information content (AvgIpc) is 2.65. The van der Waals surface area contributed by atoms with Crippen molar-refractivity contribution in [1.29, 1.82) is 0 Å². The second-order valence-corrected chi connectivity index (χ2v) is 5.61. The molecule has 0 spiro atoms. The summed E-state index contributed by atoms with van der Waals surface area (Å²) in [6.45, 7) is 4.49. The van der Waals surface area contributed by atoms with Crippen LogP contribution in [-0.2, 0) is 6.42 Å². The maximum atomic E-state index is 5.73. The van der Waals surface area contributed by atoms with E-state index in [2.05, 4.69) is 44.2 Å². The number of thiophene rings is 1. The van der Waals surface area contributed by atoms with Gasteiger partial charge in [-0.15, -0.1) is 11.3 Å². The first kappa shape index (κ1) is 11.2. The minimum atomic E-state index is 0.711. The normalized spacial score (nSPS) is 10.9. The lowest BCUT2D eigenvalue weighted by molar-refractivity contribution is 0.647. The first-order valence-electron chi connectivity index (χ1n) is 5.60. The molecule has 0 aliphatic rings. The summed E-state index contributed by atoms with van der Waals surface area (Å²) in [6.07, 6.45) is 1.15. The fourth-order valence-electron chi connectivity index (χ4n) is 1.78. The highest BCUT2D eigenvalue weighted by atomic mass is 32.1. The van der Waals surface area contributed by atoms with Gasteiger partial charge in [-0.25, -0.2) is 0 Å². The number of anilines is 1. The third-order valence-electron chi connectivity index (χ3n) is 2.51. The molecule has 0 radical (unpaired) electrons. The molecule has 0 unspecified atom stereocenters. The van der Waals surface area contributed by atoms with E-state index in [9.17, 15) is 0 Å². The fourth-order valence-corrected chi connectivity index (χ4v) is 2.56. The number of rotatable bonds is 3. The second-order valence-electron chi connectivity index (χ2n) is 4.50. The van der Waals surface area contributed by atoms with E-state index >= 15 is 0 Å². The van der Waals surface area contributed by atoms with Crippen LogP contribution in [0.25, 0.3) is 10.4 Å². The Morgan fingerprint density at radius 3 is 2.25 bits per heavy atom. The third-order valence-corrected chi connectivity index (χ3v) is 3.47. The van der Waals surface area contributed by atoms with Gasteiger partial charge in [0.15, 0.2) is 0 Å². The van der Waals surface area contributed by atoms with Gasteiger partial charge in [0.25, 0.3) is 0 Å². The van der Waals surface area contributed by atoms with Gasteiger partial charge in [0.2, 0.25) is 0 Å². The van der Waals surface area contributed by atoms with Crippen molar-refractivity contribution in [2.45, 2.75) is 20.3 Å². The standard InChI is InChI=1S/C14H17NS/c1-10(2)9-11-3-5-12(6-4-11)13-7-8-14(15)16-13/h3-8,10H,9,15H2,1-2H3. The van der Waals surface area contributed by atoms with Crippen LogP contribution in [0.1, 0.15) is 19.4 Å². The first-order chi connectivity index (χ1) is 7.65. The van der Waals surface area contributed by atoms with Gasteiger partial charge in [-0.3, -0.25) is 0 Å². The van der Waals surface area contributed by atoms with E-state index in [4.69, 9.17) is 5.73 Å². The van der Waals surface area contributed by atoms with Crippen molar-refractivity contribution in [3.8, 4) is 10.4 Å². The van der Waals surface area contributed by atoms with Crippen LogP contribution in [0.3, 0.4) is 0 Å². The zero-order valence-electron chi connectivity index (χ0n) is 9.73. The molecule has 84 valence electrons. The molecule has 1 aromatic heterocycles. The molecule has 0 fully saturated rings. The Labute approximate surface area is 101 Å². The molecule has 2 heteroatoms. The second kappa shape index (κ2) is 4.71. The van der Waals surface area contributed by atoms with Crippen LogP contribution >= 0.6 is 11.3 Å². The molecule has 0 atom stereocenters. The molecule has 1 heterocycles. The van der Waals surface area contributed by atoms with Crippen molar-refractivity contribution in [1.82, 2.24) is 0 Å². The zero-order valence-corrected chi connectivity index (χ0v) is 10.6. The van der Waals surface area contributed by atoms with Crippen LogP contribution in [0.15, 0.2) is 36.4 Å². The summed E-state index contributed by atoms with van der Waals surface area (Å²) >= 11 is 1.64. The highest BCUT2D eigenvalue weighted by molar-refractivity contribution is 7.19. The smallest absolute Gasteiger partial charge is 0.0862 e. The first-order valence-corrected chi connectivity index (χ1v) is 6.41. The van der Waals surface area contributed by atoms with Gasteiger partial charge in [0.05, 0.1) is 5.00 Å². The Bertz CT molecular complexity index is 454. The Morgan fingerprint density at radius 1 is 1.06 bits per heavy atom. The molecule has 1 aromatic carbocycles. The SMILES string of the molecule is CC(C)Cc1ccc(-c2ccc(N)s2)cc1. The Kier molecular flexibility index (Phi) is 3.30. The van der Waals surface area contributed by atoms with E-state index in [0.29, 0.717) is 5.92 Å². The molecular formula is C14H17NS. The Morgan fingerprint density at radius 2 is 1.75 bits per heavy atom. The summed E-state index contributed by atoms with van der Waals surface area (Å²) in [5, 5.41) is 0.876. The number of hydrogen-bond donors (Lipinski definition) is 1. The van der Waals surface area contributed by atoms with E-state index < -0.39 is 0 Å². The summed E-state index contributed by atoms with van der Waals surface area (Å²) < 4.78 is 0. The largest absolute Gasteiger partial charge is 0.391 e. The van der Waals surface area contributed by atoms with Gasteiger partial charge in [0, 0.05) is 4.88 Å². The molecule has 0 amide bonds. The van der Waals surface area contributed by atoms with Crippen LogP contribution in [0.5, 0.6) is 0 Å². The van der Waals surface area contributed by atoms with Gasteiger partial charge in [0.1, 0.15) is 0 Å². The van der Waals surface area contributed by atoms with E-state index in [0.717, 1.165) is 11.4 Å². The van der Waals surface area contributed by atoms with E-state index in [1.807, 2.05) is 6.07 Å². The number of nitrogens with two attached hydrogens (primary N) is 1. The van der Waals surface area contributed by atoms with E-state index in [-0.39, 0.29) is 0 Å². The van der Waals surface area contributed by atoms with E-state index in [1.54, 1.807) is 11.3 Å². The van der Waals surface area contributed by atoms with Crippen molar-refractivity contribution >= 4 is 16.3 Å². The third kappa shape index (κ3) is 2.64. The quantitative estimate of drug-likeness (QED) is 0.842. The number of nitrogen functional groups attached to an aromatic ring is 1. The summed E-state index contributed by atoms with van der Waals surface area (Å²) in [7, 11) is 0. The predicted octanol–water partition coefficient (Wildman–Crippen LogP) is 4.20. The minimum Gasteiger partial charge on any atom is -0.391 e. The van der Waals surface area contributed by atoms with Gasteiger partial charge >= 0.3 is 0 Å². The zero-order chi connectivity index (χ0) is 11.5. The molecule has 2 N–H and O–H groups in total. The van der Waals surface area contributed by atoms with Crippen LogP contribution < -0.4 is 5.73 Å². The lowest BCUT2D eigenvalue weighted by Gasteiger charge is -2.05. The predicted molar refractivity (Wildman–Crippen MR) is 72.7 cm³/mol. The maximum Gasteiger partial charge on any atom is 0.0862 e. The highest BCUT2D eigenvalue weighted by Gasteiger charge is 2.02. The monoisotopic (exact) mass is 231 g/mol. The van der Waals surface area contributed by atoms with Crippen molar-refractivity contribution in [3.05, 3.63) is 42.0 Å². The average molecular weight is 231 g/mol. The molecule has 0 saturated carbocycles. The summed E-state index contributed by atoms with van der Waals surface area (Å²) in [5.41, 5.74) is 8.39. The number of benzene rings is 1. The number of hydrogen-bond acceptors (Lipinski definition) is 2. The fraction of sp³-hybridized carbons (Fsp3) is 0.286. The Hall–Kier alpha value is -1.28. The van der Waals surface area contributed by atoms with E-state index in [1.165, 1.54) is 16.0 Å². The lowest BCUT2D eigenvalue weighted by atomic mass is 10.0. The summed E-state index contributed by atoms with van der Waals surface area (Å²) in [5.74, 6) is 0.711. The highest BCUT2D eigenvalue weighted by Crippen LogP contribution is 2.29. The lowest BCUT2D eigenvalue weighted by Crippen LogP contribution is -1.93. The maximum absolute atomic E-state index is 5.73. The molecule has 0 aliphatic heterocycles. The van der Waals surface area contributed by atoms with Crippen LogP contribution in [0, 0.1) is 5.92 Å². The molecule has 2 aromatic rings. The molecule has 0 bridgehead atoms. The van der Waals surface area contributed by atoms with Crippen molar-refractivity contribution in [2.24, 2.45) is 5.92 Å². The molecule has 16 heavy (non-hydrogen) atoms. The van der Waals surface area contributed by atoms with Gasteiger partial charge < -0.3 is 5.73 Å². The minimum absolute atomic E-state index is 0.711. The van der Waals surface area contributed by atoms with Crippen LogP contribution in [0.2, 0.25) is 0 Å². The topological polar surface area (TPSA) is 26.0 Å². The van der Waals surface area contributed by atoms with Crippen molar-refractivity contribution in [2.75, 3.05) is 5.73 Å². The molecule has 2 rings (SSSR count). The Balaban J connectivity index is 2.19. The van der Waals surface area contributed by atoms with Crippen molar-refractivity contribution < 1.29 is 0 Å². The summed E-state index contributed by atoms with van der Waals surface area (Å²) in [6, 6.07) is 12.8. The van der Waals surface area contributed by atoms with Crippen LogP contribution in [0.4, 0.5) is 5.00 Å². The molecular weight excluding hydrogens is 214 g/mol. The van der Waals surface area contributed by atoms with Gasteiger partial charge in [-0.05, 0) is 35.6 Å². The molecule has 0 aliphatic carbocycles. The van der Waals surface area contributed by atoms with Crippen molar-refractivity contribution in [3.63, 3.8) is 0 Å². The molecule has 0 saturated heterocycles. The summed E-state index contributed by atoms with van der Waals surface area (Å²) in [4.78, 5) is 1.24. The van der Waals surface area contributed by atoms with Gasteiger partial charge in [-0.1, -0.05) is 38.1 Å².